The maximum Gasteiger partial charge on any atom is 0.328 e. The van der Waals surface area contributed by atoms with Gasteiger partial charge in [-0.05, 0) is 38.9 Å². The van der Waals surface area contributed by atoms with Crippen LogP contribution in [0.5, 0.6) is 0 Å². The van der Waals surface area contributed by atoms with Crippen molar-refractivity contribution in [3.63, 3.8) is 0 Å². The van der Waals surface area contributed by atoms with Gasteiger partial charge in [0, 0.05) is 13.1 Å². The van der Waals surface area contributed by atoms with Crippen molar-refractivity contribution in [2.24, 2.45) is 0 Å². The molecule has 2 rings (SSSR count). The van der Waals surface area contributed by atoms with Gasteiger partial charge in [0.25, 0.3) is 0 Å². The summed E-state index contributed by atoms with van der Waals surface area (Å²) in [6.07, 6.45) is 3.43. The average Bonchev–Trinajstić information content (AvgIpc) is 2.96. The number of carboxylic acid groups (broad SMARTS) is 1. The summed E-state index contributed by atoms with van der Waals surface area (Å²) < 4.78 is 5.11. The summed E-state index contributed by atoms with van der Waals surface area (Å²) in [4.78, 5) is 26.8. The van der Waals surface area contributed by atoms with Crippen LogP contribution in [0.15, 0.2) is 0 Å². The van der Waals surface area contributed by atoms with Crippen molar-refractivity contribution in [2.45, 2.75) is 25.3 Å². The number of hydrogen-bond donors (Lipinski definition) is 2. The van der Waals surface area contributed by atoms with Crippen LogP contribution < -0.4 is 5.32 Å². The summed E-state index contributed by atoms with van der Waals surface area (Å²) in [6.45, 7) is 4.66. The zero-order valence-electron chi connectivity index (χ0n) is 11.7. The summed E-state index contributed by atoms with van der Waals surface area (Å²) in [5.41, 5.74) is 0. The fourth-order valence-corrected chi connectivity index (χ4v) is 2.66. The minimum atomic E-state index is -1.02. The van der Waals surface area contributed by atoms with E-state index in [-0.39, 0.29) is 12.6 Å². The van der Waals surface area contributed by atoms with E-state index in [4.69, 9.17) is 9.84 Å². The van der Waals surface area contributed by atoms with Crippen LogP contribution in [-0.2, 0) is 9.53 Å². The van der Waals surface area contributed by atoms with E-state index in [1.54, 1.807) is 0 Å². The molecule has 2 amide bonds. The molecule has 0 spiro atoms. The molecule has 0 aliphatic carbocycles. The van der Waals surface area contributed by atoms with E-state index in [1.165, 1.54) is 17.7 Å². The SMILES string of the molecule is O=C(O)C1COCCN1C(=O)NCCCN1CCCC1. The first-order chi connectivity index (χ1) is 9.68. The molecule has 1 atom stereocenters. The molecule has 7 nitrogen and oxygen atoms in total. The first-order valence-corrected chi connectivity index (χ1v) is 7.26. The van der Waals surface area contributed by atoms with Crippen molar-refractivity contribution in [1.82, 2.24) is 15.1 Å². The van der Waals surface area contributed by atoms with Crippen LogP contribution in [0.3, 0.4) is 0 Å². The zero-order chi connectivity index (χ0) is 14.4. The van der Waals surface area contributed by atoms with Crippen molar-refractivity contribution < 1.29 is 19.4 Å². The van der Waals surface area contributed by atoms with Crippen molar-refractivity contribution in [1.29, 1.82) is 0 Å². The van der Waals surface area contributed by atoms with Crippen LogP contribution in [0.2, 0.25) is 0 Å². The molecule has 2 heterocycles. The Morgan fingerprint density at radius 2 is 2.00 bits per heavy atom. The molecule has 20 heavy (non-hydrogen) atoms. The Kier molecular flexibility index (Phi) is 5.60. The molecule has 1 unspecified atom stereocenters. The third kappa shape index (κ3) is 4.08. The predicted octanol–water partition coefficient (Wildman–Crippen LogP) is -0.0327. The van der Waals surface area contributed by atoms with Crippen molar-refractivity contribution in [2.75, 3.05) is 45.9 Å². The molecule has 0 aromatic carbocycles. The maximum absolute atomic E-state index is 12.0. The fraction of sp³-hybridized carbons (Fsp3) is 0.846. The van der Waals surface area contributed by atoms with Gasteiger partial charge in [-0.15, -0.1) is 0 Å². The molecule has 0 aromatic heterocycles. The highest BCUT2D eigenvalue weighted by Crippen LogP contribution is 2.08. The highest BCUT2D eigenvalue weighted by Gasteiger charge is 2.32. The highest BCUT2D eigenvalue weighted by molar-refractivity contribution is 5.82. The third-order valence-corrected chi connectivity index (χ3v) is 3.80. The lowest BCUT2D eigenvalue weighted by atomic mass is 10.2. The number of amides is 2. The van der Waals surface area contributed by atoms with Crippen molar-refractivity contribution in [3.8, 4) is 0 Å². The Morgan fingerprint density at radius 1 is 1.25 bits per heavy atom. The standard InChI is InChI=1S/C13H23N3O4/c17-12(18)11-10-20-9-8-16(11)13(19)14-4-3-7-15-5-1-2-6-15/h11H,1-10H2,(H,14,19)(H,17,18). The molecule has 0 radical (unpaired) electrons. The molecule has 0 bridgehead atoms. The second-order valence-electron chi connectivity index (χ2n) is 5.26. The number of carbonyl (C=O) groups excluding carboxylic acids is 1. The summed E-state index contributed by atoms with van der Waals surface area (Å²) in [5.74, 6) is -1.02. The number of rotatable bonds is 5. The molecule has 0 saturated carbocycles. The first kappa shape index (κ1) is 15.1. The normalized spacial score (nSPS) is 23.8. The Balaban J connectivity index is 1.68. The molecule has 2 fully saturated rings. The Labute approximate surface area is 118 Å². The first-order valence-electron chi connectivity index (χ1n) is 7.26. The number of ether oxygens (including phenoxy) is 1. The van der Waals surface area contributed by atoms with Gasteiger partial charge < -0.3 is 25.0 Å². The van der Waals surface area contributed by atoms with E-state index in [0.29, 0.717) is 19.7 Å². The number of urea groups is 1. The number of nitrogens with zero attached hydrogens (tertiary/aromatic N) is 2. The molecule has 2 N–H and O–H groups in total. The third-order valence-electron chi connectivity index (χ3n) is 3.80. The molecule has 2 saturated heterocycles. The average molecular weight is 285 g/mol. The van der Waals surface area contributed by atoms with Gasteiger partial charge in [-0.25, -0.2) is 9.59 Å². The monoisotopic (exact) mass is 285 g/mol. The van der Waals surface area contributed by atoms with Crippen LogP contribution >= 0.6 is 0 Å². The van der Waals surface area contributed by atoms with Gasteiger partial charge >= 0.3 is 12.0 Å². The van der Waals surface area contributed by atoms with E-state index in [0.717, 1.165) is 26.1 Å². The second-order valence-corrected chi connectivity index (χ2v) is 5.26. The minimum absolute atomic E-state index is 0.0660. The van der Waals surface area contributed by atoms with Gasteiger partial charge in [-0.1, -0.05) is 0 Å². The van der Waals surface area contributed by atoms with Crippen LogP contribution in [-0.4, -0.2) is 78.9 Å². The Bertz CT molecular complexity index is 345. The second kappa shape index (κ2) is 7.44. The van der Waals surface area contributed by atoms with Crippen LogP contribution in [0, 0.1) is 0 Å². The number of carbonyl (C=O) groups is 2. The Hall–Kier alpha value is -1.34. The fourth-order valence-electron chi connectivity index (χ4n) is 2.66. The summed E-state index contributed by atoms with van der Waals surface area (Å²) in [7, 11) is 0. The smallest absolute Gasteiger partial charge is 0.328 e. The summed E-state index contributed by atoms with van der Waals surface area (Å²) in [6, 6.07) is -1.18. The van der Waals surface area contributed by atoms with Gasteiger partial charge in [0.1, 0.15) is 0 Å². The number of hydrogen-bond acceptors (Lipinski definition) is 4. The lowest BCUT2D eigenvalue weighted by Gasteiger charge is -2.32. The van der Waals surface area contributed by atoms with Gasteiger partial charge in [0.15, 0.2) is 6.04 Å². The van der Waals surface area contributed by atoms with Gasteiger partial charge in [-0.3, -0.25) is 0 Å². The minimum Gasteiger partial charge on any atom is -0.480 e. The van der Waals surface area contributed by atoms with Crippen molar-refractivity contribution in [3.05, 3.63) is 0 Å². The number of nitrogens with one attached hydrogen (secondary N) is 1. The van der Waals surface area contributed by atoms with Crippen LogP contribution in [0.4, 0.5) is 4.79 Å². The summed E-state index contributed by atoms with van der Waals surface area (Å²) >= 11 is 0. The van der Waals surface area contributed by atoms with Gasteiger partial charge in [0.05, 0.1) is 13.2 Å². The molecule has 0 aromatic rings. The summed E-state index contributed by atoms with van der Waals surface area (Å²) in [5, 5.41) is 11.9. The van der Waals surface area contributed by atoms with E-state index in [9.17, 15) is 9.59 Å². The highest BCUT2D eigenvalue weighted by atomic mass is 16.5. The predicted molar refractivity (Wildman–Crippen MR) is 72.6 cm³/mol. The molecular formula is C13H23N3O4. The largest absolute Gasteiger partial charge is 0.480 e. The van der Waals surface area contributed by atoms with Gasteiger partial charge in [0.2, 0.25) is 0 Å². The van der Waals surface area contributed by atoms with Crippen LogP contribution in [0.1, 0.15) is 19.3 Å². The lowest BCUT2D eigenvalue weighted by Crippen LogP contribution is -2.55. The van der Waals surface area contributed by atoms with Gasteiger partial charge in [-0.2, -0.15) is 0 Å². The lowest BCUT2D eigenvalue weighted by molar-refractivity contribution is -0.147. The zero-order valence-corrected chi connectivity index (χ0v) is 11.7. The van der Waals surface area contributed by atoms with E-state index in [1.807, 2.05) is 0 Å². The number of carboxylic acids is 1. The van der Waals surface area contributed by atoms with Crippen molar-refractivity contribution >= 4 is 12.0 Å². The molecule has 114 valence electrons. The Morgan fingerprint density at radius 3 is 2.70 bits per heavy atom. The van der Waals surface area contributed by atoms with Crippen LogP contribution in [0.25, 0.3) is 0 Å². The number of morpholine rings is 1. The molecule has 2 aliphatic rings. The van der Waals surface area contributed by atoms with E-state index < -0.39 is 12.0 Å². The topological polar surface area (TPSA) is 82.1 Å². The molecular weight excluding hydrogens is 262 g/mol. The molecule has 7 heteroatoms. The van der Waals surface area contributed by atoms with E-state index in [2.05, 4.69) is 10.2 Å². The van der Waals surface area contributed by atoms with E-state index >= 15 is 0 Å². The number of likely N-dealkylation sites (tertiary alicyclic amines) is 1. The maximum atomic E-state index is 12.0. The molecule has 2 aliphatic heterocycles. The number of aliphatic carboxylic acids is 1. The quantitative estimate of drug-likeness (QED) is 0.693.